The van der Waals surface area contributed by atoms with E-state index in [1.165, 1.54) is 24.0 Å². The zero-order chi connectivity index (χ0) is 20.8. The molecule has 1 fully saturated rings. The van der Waals surface area contributed by atoms with Gasteiger partial charge in [-0.15, -0.1) is 0 Å². The van der Waals surface area contributed by atoms with Crippen molar-refractivity contribution in [2.75, 3.05) is 42.5 Å². The summed E-state index contributed by atoms with van der Waals surface area (Å²) in [7, 11) is 0. The average molecular weight is 394 g/mol. The van der Waals surface area contributed by atoms with Crippen LogP contribution in [-0.4, -0.2) is 49.4 Å². The van der Waals surface area contributed by atoms with E-state index in [-0.39, 0.29) is 30.6 Å². The van der Waals surface area contributed by atoms with Crippen LogP contribution in [-0.2, 0) is 9.59 Å². The summed E-state index contributed by atoms with van der Waals surface area (Å²) in [5, 5.41) is 9.05. The maximum atomic E-state index is 13.1. The summed E-state index contributed by atoms with van der Waals surface area (Å²) < 4.78 is 13.1. The van der Waals surface area contributed by atoms with Gasteiger partial charge >= 0.3 is 0 Å². The van der Waals surface area contributed by atoms with Crippen LogP contribution in [0.1, 0.15) is 18.9 Å². The molecule has 1 saturated heterocycles. The van der Waals surface area contributed by atoms with Crippen molar-refractivity contribution < 1.29 is 14.0 Å². The number of benzene rings is 2. The molecular weight excluding hydrogens is 371 g/mol. The summed E-state index contributed by atoms with van der Waals surface area (Å²) in [4.78, 5) is 30.1. The van der Waals surface area contributed by atoms with Gasteiger partial charge in [-0.2, -0.15) is 5.26 Å². The number of anilines is 2. The molecule has 150 valence electrons. The Labute approximate surface area is 169 Å². The predicted molar refractivity (Wildman–Crippen MR) is 109 cm³/mol. The van der Waals surface area contributed by atoms with Crippen molar-refractivity contribution in [3.05, 3.63) is 59.9 Å². The van der Waals surface area contributed by atoms with E-state index in [0.717, 1.165) is 5.69 Å². The molecule has 7 heteroatoms. The van der Waals surface area contributed by atoms with Gasteiger partial charge in [-0.25, -0.2) is 4.39 Å². The van der Waals surface area contributed by atoms with Crippen molar-refractivity contribution in [2.24, 2.45) is 0 Å². The molecule has 29 heavy (non-hydrogen) atoms. The fraction of sp³-hybridized carbons (Fsp3) is 0.318. The lowest BCUT2D eigenvalue weighted by Crippen LogP contribution is -2.49. The lowest BCUT2D eigenvalue weighted by molar-refractivity contribution is -0.131. The monoisotopic (exact) mass is 394 g/mol. The van der Waals surface area contributed by atoms with Gasteiger partial charge in [0.15, 0.2) is 0 Å². The fourth-order valence-corrected chi connectivity index (χ4v) is 3.44. The minimum atomic E-state index is -0.266. The number of nitriles is 1. The fourth-order valence-electron chi connectivity index (χ4n) is 3.44. The molecule has 0 unspecified atom stereocenters. The van der Waals surface area contributed by atoms with E-state index in [2.05, 4.69) is 11.0 Å². The molecule has 2 amide bonds. The van der Waals surface area contributed by atoms with E-state index in [0.29, 0.717) is 37.4 Å². The summed E-state index contributed by atoms with van der Waals surface area (Å²) >= 11 is 0. The molecule has 1 heterocycles. The quantitative estimate of drug-likeness (QED) is 0.782. The van der Waals surface area contributed by atoms with E-state index in [1.807, 2.05) is 0 Å². The number of nitrogens with zero attached hydrogens (tertiary/aromatic N) is 4. The summed E-state index contributed by atoms with van der Waals surface area (Å²) in [5.41, 5.74) is 2.03. The first-order chi connectivity index (χ1) is 14.0. The van der Waals surface area contributed by atoms with Gasteiger partial charge in [0.2, 0.25) is 11.8 Å². The van der Waals surface area contributed by atoms with E-state index in [1.54, 1.807) is 41.3 Å². The third-order valence-electron chi connectivity index (χ3n) is 5.04. The summed E-state index contributed by atoms with van der Waals surface area (Å²) in [6.45, 7) is 4.24. The second-order valence-corrected chi connectivity index (χ2v) is 6.93. The van der Waals surface area contributed by atoms with E-state index < -0.39 is 0 Å². The molecule has 3 rings (SSSR count). The molecule has 2 aromatic carbocycles. The number of hydrogen-bond donors (Lipinski definition) is 0. The third kappa shape index (κ3) is 5.11. The van der Waals surface area contributed by atoms with Crippen molar-refractivity contribution in [3.8, 4) is 6.07 Å². The van der Waals surface area contributed by atoms with Crippen molar-refractivity contribution in [1.82, 2.24) is 4.90 Å². The maximum Gasteiger partial charge on any atom is 0.224 e. The first kappa shape index (κ1) is 20.3. The molecule has 0 radical (unpaired) electrons. The Bertz CT molecular complexity index is 915. The van der Waals surface area contributed by atoms with Crippen LogP contribution in [0.5, 0.6) is 0 Å². The van der Waals surface area contributed by atoms with Crippen LogP contribution in [0.3, 0.4) is 0 Å². The largest absolute Gasteiger partial charge is 0.368 e. The predicted octanol–water partition coefficient (Wildman–Crippen LogP) is 2.79. The van der Waals surface area contributed by atoms with Crippen LogP contribution in [0.15, 0.2) is 48.5 Å². The van der Waals surface area contributed by atoms with Crippen LogP contribution < -0.4 is 9.80 Å². The molecule has 0 atom stereocenters. The van der Waals surface area contributed by atoms with Gasteiger partial charge in [-0.05, 0) is 42.5 Å². The highest BCUT2D eigenvalue weighted by Crippen LogP contribution is 2.19. The van der Waals surface area contributed by atoms with Crippen LogP contribution in [0.2, 0.25) is 0 Å². The standard InChI is InChI=1S/C22H23FN4O2/c1-17(28)27(21-4-2-3-18(15-21)16-24)10-9-22(29)26-13-11-25(12-14-26)20-7-5-19(23)6-8-20/h2-8,15H,9-14H2,1H3. The Hall–Kier alpha value is -3.40. The average Bonchev–Trinajstić information content (AvgIpc) is 2.74. The Morgan fingerprint density at radius 1 is 1.10 bits per heavy atom. The van der Waals surface area contributed by atoms with Gasteiger partial charge in [0.05, 0.1) is 11.6 Å². The second kappa shape index (κ2) is 9.20. The molecule has 0 saturated carbocycles. The van der Waals surface area contributed by atoms with Crippen molar-refractivity contribution in [2.45, 2.75) is 13.3 Å². The highest BCUT2D eigenvalue weighted by Gasteiger charge is 2.22. The third-order valence-corrected chi connectivity index (χ3v) is 5.04. The Kier molecular flexibility index (Phi) is 6.45. The summed E-state index contributed by atoms with van der Waals surface area (Å²) in [6.07, 6.45) is 0.215. The Morgan fingerprint density at radius 3 is 2.41 bits per heavy atom. The lowest BCUT2D eigenvalue weighted by atomic mass is 10.2. The molecule has 0 aliphatic carbocycles. The number of piperazine rings is 1. The molecule has 1 aliphatic rings. The number of halogens is 1. The first-order valence-electron chi connectivity index (χ1n) is 9.54. The highest BCUT2D eigenvalue weighted by atomic mass is 19.1. The van der Waals surface area contributed by atoms with E-state index in [4.69, 9.17) is 5.26 Å². The normalized spacial score (nSPS) is 13.7. The smallest absolute Gasteiger partial charge is 0.224 e. The highest BCUT2D eigenvalue weighted by molar-refractivity contribution is 5.92. The second-order valence-electron chi connectivity index (χ2n) is 6.93. The van der Waals surface area contributed by atoms with Crippen molar-refractivity contribution in [1.29, 1.82) is 5.26 Å². The zero-order valence-electron chi connectivity index (χ0n) is 16.3. The minimum Gasteiger partial charge on any atom is -0.368 e. The summed E-state index contributed by atoms with van der Waals surface area (Å²) in [5.74, 6) is -0.446. The van der Waals surface area contributed by atoms with Gasteiger partial charge < -0.3 is 14.7 Å². The van der Waals surface area contributed by atoms with E-state index >= 15 is 0 Å². The van der Waals surface area contributed by atoms with Gasteiger partial charge in [-0.1, -0.05) is 6.07 Å². The van der Waals surface area contributed by atoms with Gasteiger partial charge in [0.1, 0.15) is 5.82 Å². The molecule has 2 aromatic rings. The van der Waals surface area contributed by atoms with Crippen LogP contribution in [0.4, 0.5) is 15.8 Å². The number of amides is 2. The topological polar surface area (TPSA) is 67.7 Å². The van der Waals surface area contributed by atoms with Gasteiger partial charge in [0, 0.05) is 57.4 Å². The minimum absolute atomic E-state index is 0.00792. The molecular formula is C22H23FN4O2. The first-order valence-corrected chi connectivity index (χ1v) is 9.54. The SMILES string of the molecule is CC(=O)N(CCC(=O)N1CCN(c2ccc(F)cc2)CC1)c1cccc(C#N)c1. The van der Waals surface area contributed by atoms with Crippen LogP contribution >= 0.6 is 0 Å². The number of rotatable bonds is 5. The zero-order valence-corrected chi connectivity index (χ0v) is 16.3. The Balaban J connectivity index is 1.55. The number of carbonyl (C=O) groups is 2. The number of hydrogen-bond acceptors (Lipinski definition) is 4. The molecule has 0 spiro atoms. The summed E-state index contributed by atoms with van der Waals surface area (Å²) in [6, 6.07) is 15.2. The van der Waals surface area contributed by atoms with Crippen molar-refractivity contribution in [3.63, 3.8) is 0 Å². The van der Waals surface area contributed by atoms with Crippen LogP contribution in [0.25, 0.3) is 0 Å². The Morgan fingerprint density at radius 2 is 1.79 bits per heavy atom. The van der Waals surface area contributed by atoms with E-state index in [9.17, 15) is 14.0 Å². The lowest BCUT2D eigenvalue weighted by Gasteiger charge is -2.36. The molecule has 1 aliphatic heterocycles. The van der Waals surface area contributed by atoms with Gasteiger partial charge in [-0.3, -0.25) is 9.59 Å². The molecule has 6 nitrogen and oxygen atoms in total. The van der Waals surface area contributed by atoms with Gasteiger partial charge in [0.25, 0.3) is 0 Å². The molecule has 0 aromatic heterocycles. The molecule has 0 bridgehead atoms. The molecule has 0 N–H and O–H groups in total. The maximum absolute atomic E-state index is 13.1. The number of carbonyl (C=O) groups excluding carboxylic acids is 2. The van der Waals surface area contributed by atoms with Crippen molar-refractivity contribution >= 4 is 23.2 Å². The van der Waals surface area contributed by atoms with Crippen LogP contribution in [0, 0.1) is 17.1 Å².